The van der Waals surface area contributed by atoms with Gasteiger partial charge < -0.3 is 5.32 Å². The monoisotopic (exact) mass is 335 g/mol. The number of nitrogens with zero attached hydrogens (tertiary/aromatic N) is 2. The number of aryl methyl sites for hydroxylation is 2. The van der Waals surface area contributed by atoms with E-state index in [2.05, 4.69) is 47.1 Å². The van der Waals surface area contributed by atoms with Gasteiger partial charge in [-0.2, -0.15) is 5.10 Å². The van der Waals surface area contributed by atoms with Crippen LogP contribution in [0.1, 0.15) is 38.6 Å². The van der Waals surface area contributed by atoms with Crippen LogP contribution < -0.4 is 5.32 Å². The molecule has 1 heterocycles. The Hall–Kier alpha value is -0.0600. The second-order valence-electron chi connectivity index (χ2n) is 5.39. The molecule has 1 aromatic heterocycles. The summed E-state index contributed by atoms with van der Waals surface area (Å²) in [5, 5.41) is 7.99. The van der Waals surface area contributed by atoms with Crippen LogP contribution in [0.15, 0.2) is 4.47 Å². The zero-order valence-corrected chi connectivity index (χ0v) is 14.0. The predicted molar refractivity (Wildman–Crippen MR) is 81.1 cm³/mol. The van der Waals surface area contributed by atoms with Crippen molar-refractivity contribution in [2.75, 3.05) is 12.4 Å². The minimum Gasteiger partial charge on any atom is -0.311 e. The predicted octanol–water partition coefficient (Wildman–Crippen LogP) is 3.49. The fourth-order valence-electron chi connectivity index (χ4n) is 1.88. The topological polar surface area (TPSA) is 29.9 Å². The summed E-state index contributed by atoms with van der Waals surface area (Å²) < 4.78 is 3.08. The lowest BCUT2D eigenvalue weighted by molar-refractivity contribution is 0.328. The van der Waals surface area contributed by atoms with Gasteiger partial charge in [0.2, 0.25) is 0 Å². The van der Waals surface area contributed by atoms with E-state index in [-0.39, 0.29) is 5.41 Å². The summed E-state index contributed by atoms with van der Waals surface area (Å²) in [4.78, 5) is 0. The van der Waals surface area contributed by atoms with Crippen molar-refractivity contribution in [1.82, 2.24) is 15.1 Å². The van der Waals surface area contributed by atoms with Crippen LogP contribution in [0.3, 0.4) is 0 Å². The molecule has 0 fully saturated rings. The molecule has 0 aliphatic rings. The lowest BCUT2D eigenvalue weighted by atomic mass is 9.90. The summed E-state index contributed by atoms with van der Waals surface area (Å²) in [5.41, 5.74) is 2.56. The van der Waals surface area contributed by atoms with E-state index in [0.717, 1.165) is 36.1 Å². The Kier molecular flexibility index (Phi) is 6.15. The summed E-state index contributed by atoms with van der Waals surface area (Å²) in [6, 6.07) is 0. The van der Waals surface area contributed by atoms with E-state index in [0.29, 0.717) is 5.88 Å². The number of rotatable bonds is 7. The third-order valence-corrected chi connectivity index (χ3v) is 4.27. The normalized spacial score (nSPS) is 12.1. The van der Waals surface area contributed by atoms with E-state index in [1.165, 1.54) is 5.69 Å². The van der Waals surface area contributed by atoms with Gasteiger partial charge in [0.25, 0.3) is 0 Å². The van der Waals surface area contributed by atoms with Crippen LogP contribution in [0.5, 0.6) is 0 Å². The molecule has 0 aliphatic heterocycles. The van der Waals surface area contributed by atoms with Gasteiger partial charge in [-0.25, -0.2) is 0 Å². The molecule has 0 atom stereocenters. The first-order valence-electron chi connectivity index (χ1n) is 6.38. The highest BCUT2D eigenvalue weighted by Gasteiger charge is 2.18. The number of nitrogens with one attached hydrogen (secondary N) is 1. The van der Waals surface area contributed by atoms with Gasteiger partial charge in [-0.05, 0) is 34.2 Å². The first kappa shape index (κ1) is 16.0. The molecule has 0 radical (unpaired) electrons. The number of halogens is 2. The summed E-state index contributed by atoms with van der Waals surface area (Å²) >= 11 is 9.43. The van der Waals surface area contributed by atoms with Crippen LogP contribution >= 0.6 is 27.5 Å². The maximum atomic E-state index is 5.81. The summed E-state index contributed by atoms with van der Waals surface area (Å²) in [5.74, 6) is 0.712. The molecule has 0 bridgehead atoms. The van der Waals surface area contributed by atoms with Crippen molar-refractivity contribution in [3.05, 3.63) is 15.9 Å². The lowest BCUT2D eigenvalue weighted by Gasteiger charge is -2.24. The average Bonchev–Trinajstić information content (AvgIpc) is 2.55. The van der Waals surface area contributed by atoms with Crippen molar-refractivity contribution in [1.29, 1.82) is 0 Å². The van der Waals surface area contributed by atoms with Gasteiger partial charge in [0.05, 0.1) is 15.9 Å². The second-order valence-corrected chi connectivity index (χ2v) is 6.56. The van der Waals surface area contributed by atoms with Gasteiger partial charge in [0.1, 0.15) is 0 Å². The van der Waals surface area contributed by atoms with Crippen molar-refractivity contribution in [3.63, 3.8) is 0 Å². The van der Waals surface area contributed by atoms with Crippen molar-refractivity contribution in [3.8, 4) is 0 Å². The molecule has 18 heavy (non-hydrogen) atoms. The lowest BCUT2D eigenvalue weighted by Crippen LogP contribution is -2.30. The molecule has 0 saturated heterocycles. The molecule has 5 heteroatoms. The Balaban J connectivity index is 2.56. The zero-order chi connectivity index (χ0) is 13.8. The summed E-state index contributed by atoms with van der Waals surface area (Å²) in [7, 11) is 1.99. The molecule has 0 aliphatic carbocycles. The maximum absolute atomic E-state index is 5.81. The van der Waals surface area contributed by atoms with E-state index < -0.39 is 0 Å². The first-order chi connectivity index (χ1) is 8.41. The Morgan fingerprint density at radius 2 is 2.11 bits per heavy atom. The molecule has 1 N–H and O–H groups in total. The molecule has 1 aromatic rings. The SMILES string of the molecule is CCc1nn(C)c(CNCC(C)(C)CCCl)c1Br. The standard InChI is InChI=1S/C13H23BrClN3/c1-5-10-12(14)11(18(4)17-10)8-16-9-13(2,3)6-7-15/h16H,5-9H2,1-4H3. The van der Waals surface area contributed by atoms with E-state index in [1.807, 2.05) is 11.7 Å². The van der Waals surface area contributed by atoms with Gasteiger partial charge >= 0.3 is 0 Å². The van der Waals surface area contributed by atoms with Crippen molar-refractivity contribution >= 4 is 27.5 Å². The highest BCUT2D eigenvalue weighted by Crippen LogP contribution is 2.23. The van der Waals surface area contributed by atoms with Gasteiger partial charge in [0, 0.05) is 26.0 Å². The summed E-state index contributed by atoms with van der Waals surface area (Å²) in [6.07, 6.45) is 1.97. The molecular weight excluding hydrogens is 314 g/mol. The third-order valence-electron chi connectivity index (χ3n) is 3.17. The molecule has 3 nitrogen and oxygen atoms in total. The zero-order valence-electron chi connectivity index (χ0n) is 11.7. The molecule has 1 rings (SSSR count). The van der Waals surface area contributed by atoms with E-state index in [9.17, 15) is 0 Å². The maximum Gasteiger partial charge on any atom is 0.0767 e. The highest BCUT2D eigenvalue weighted by molar-refractivity contribution is 9.10. The fourth-order valence-corrected chi connectivity index (χ4v) is 3.14. The number of hydrogen-bond acceptors (Lipinski definition) is 2. The average molecular weight is 337 g/mol. The minimum atomic E-state index is 0.237. The number of alkyl halides is 1. The van der Waals surface area contributed by atoms with Crippen molar-refractivity contribution in [2.45, 2.75) is 40.2 Å². The Morgan fingerprint density at radius 3 is 2.61 bits per heavy atom. The van der Waals surface area contributed by atoms with Crippen LogP contribution in [0, 0.1) is 5.41 Å². The number of aromatic nitrogens is 2. The number of hydrogen-bond donors (Lipinski definition) is 1. The van der Waals surface area contributed by atoms with Gasteiger partial charge in [-0.1, -0.05) is 20.8 Å². The third kappa shape index (κ3) is 4.25. The summed E-state index contributed by atoms with van der Waals surface area (Å²) in [6.45, 7) is 8.37. The van der Waals surface area contributed by atoms with Gasteiger partial charge in [-0.15, -0.1) is 11.6 Å². The molecule has 0 saturated carbocycles. The van der Waals surface area contributed by atoms with Crippen molar-refractivity contribution in [2.24, 2.45) is 12.5 Å². The Bertz CT molecular complexity index is 388. The molecule has 104 valence electrons. The van der Waals surface area contributed by atoms with E-state index in [4.69, 9.17) is 11.6 Å². The van der Waals surface area contributed by atoms with Crippen molar-refractivity contribution < 1.29 is 0 Å². The molecule has 0 aromatic carbocycles. The molecule has 0 unspecified atom stereocenters. The molecule has 0 spiro atoms. The largest absolute Gasteiger partial charge is 0.311 e. The minimum absolute atomic E-state index is 0.237. The highest BCUT2D eigenvalue weighted by atomic mass is 79.9. The van der Waals surface area contributed by atoms with Crippen LogP contribution in [0.4, 0.5) is 0 Å². The van der Waals surface area contributed by atoms with E-state index >= 15 is 0 Å². The fraction of sp³-hybridized carbons (Fsp3) is 0.769. The smallest absolute Gasteiger partial charge is 0.0767 e. The van der Waals surface area contributed by atoms with Gasteiger partial charge in [0.15, 0.2) is 0 Å². The van der Waals surface area contributed by atoms with Gasteiger partial charge in [-0.3, -0.25) is 4.68 Å². The first-order valence-corrected chi connectivity index (χ1v) is 7.71. The second kappa shape index (κ2) is 6.92. The van der Waals surface area contributed by atoms with Crippen LogP contribution in [-0.2, 0) is 20.0 Å². The van der Waals surface area contributed by atoms with Crippen LogP contribution in [0.2, 0.25) is 0 Å². The quantitative estimate of drug-likeness (QED) is 0.772. The van der Waals surface area contributed by atoms with E-state index in [1.54, 1.807) is 0 Å². The van der Waals surface area contributed by atoms with Crippen LogP contribution in [0.25, 0.3) is 0 Å². The molecule has 0 amide bonds. The Labute approximate surface area is 123 Å². The molecular formula is C13H23BrClN3. The Morgan fingerprint density at radius 1 is 1.44 bits per heavy atom. The van der Waals surface area contributed by atoms with Crippen LogP contribution in [-0.4, -0.2) is 22.2 Å².